The van der Waals surface area contributed by atoms with Crippen LogP contribution in [0, 0.1) is 5.92 Å². The van der Waals surface area contributed by atoms with Gasteiger partial charge in [0, 0.05) is 37.2 Å². The number of alkyl halides is 5. The number of hydrogen-bond donors (Lipinski definition) is 0. The molecule has 0 bridgehead atoms. The number of Topliss-reactive ketones (excluding diaryl/α,β-unsaturated/α-hetero) is 2. The Morgan fingerprint density at radius 1 is 1.24 bits per heavy atom. The Bertz CT molecular complexity index is 1050. The molecule has 4 rings (SSSR count). The van der Waals surface area contributed by atoms with Crippen LogP contribution in [0.2, 0.25) is 0 Å². The van der Waals surface area contributed by atoms with Gasteiger partial charge in [0.25, 0.3) is 5.78 Å². The maximum atomic E-state index is 14.9. The van der Waals surface area contributed by atoms with E-state index in [-0.39, 0.29) is 35.1 Å². The van der Waals surface area contributed by atoms with Gasteiger partial charge in [-0.3, -0.25) is 9.59 Å². The molecule has 2 aromatic rings. The van der Waals surface area contributed by atoms with Crippen LogP contribution in [-0.4, -0.2) is 43.6 Å². The van der Waals surface area contributed by atoms with Crippen LogP contribution in [0.15, 0.2) is 24.3 Å². The Kier molecular flexibility index (Phi) is 4.44. The maximum absolute atomic E-state index is 14.9. The van der Waals surface area contributed by atoms with E-state index in [4.69, 9.17) is 16.3 Å². The second-order valence-electron chi connectivity index (χ2n) is 7.42. The first-order chi connectivity index (χ1) is 13.5. The van der Waals surface area contributed by atoms with Crippen molar-refractivity contribution in [3.63, 3.8) is 0 Å². The van der Waals surface area contributed by atoms with Gasteiger partial charge in [0.05, 0.1) is 23.3 Å². The zero-order chi connectivity index (χ0) is 21.3. The summed E-state index contributed by atoms with van der Waals surface area (Å²) < 4.78 is 63.1. The van der Waals surface area contributed by atoms with Gasteiger partial charge < -0.3 is 9.64 Å². The average Bonchev–Trinajstić information content (AvgIpc) is 3.13. The molecule has 9 heteroatoms. The fraction of sp³-hybridized carbons (Fsp3) is 0.400. The number of ketones is 2. The number of anilines is 1. The van der Waals surface area contributed by atoms with Crippen molar-refractivity contribution in [2.24, 2.45) is 5.92 Å². The molecule has 1 saturated heterocycles. The van der Waals surface area contributed by atoms with Crippen LogP contribution >= 0.6 is 11.6 Å². The number of hydrogen-bond acceptors (Lipinski definition) is 4. The Labute approximate surface area is 168 Å². The quantitative estimate of drug-likeness (QED) is 0.398. The number of carbonyl (C=O) groups is 2. The minimum Gasteiger partial charge on any atom is -0.377 e. The van der Waals surface area contributed by atoms with E-state index in [0.717, 1.165) is 0 Å². The van der Waals surface area contributed by atoms with E-state index in [1.165, 1.54) is 31.1 Å². The third-order valence-electron chi connectivity index (χ3n) is 5.53. The van der Waals surface area contributed by atoms with Gasteiger partial charge in [0.1, 0.15) is 0 Å². The summed E-state index contributed by atoms with van der Waals surface area (Å²) in [4.78, 5) is 27.0. The lowest BCUT2D eigenvalue weighted by Crippen LogP contribution is -2.45. The van der Waals surface area contributed by atoms with Crippen molar-refractivity contribution in [3.8, 4) is 0 Å². The number of carbonyl (C=O) groups excluding carboxylic acids is 2. The third-order valence-corrected chi connectivity index (χ3v) is 5.70. The van der Waals surface area contributed by atoms with Gasteiger partial charge in [-0.2, -0.15) is 17.6 Å². The second-order valence-corrected chi connectivity index (χ2v) is 7.89. The molecule has 1 heterocycles. The van der Waals surface area contributed by atoms with Crippen molar-refractivity contribution in [1.82, 2.24) is 0 Å². The zero-order valence-electron chi connectivity index (χ0n) is 15.4. The summed E-state index contributed by atoms with van der Waals surface area (Å²) in [6.07, 6.45) is -1.49. The first kappa shape index (κ1) is 20.1. The molecular formula is C20H16ClF4NO3. The first-order valence-electron chi connectivity index (χ1n) is 8.89. The van der Waals surface area contributed by atoms with Crippen molar-refractivity contribution in [2.75, 3.05) is 25.6 Å². The van der Waals surface area contributed by atoms with Crippen molar-refractivity contribution >= 4 is 39.6 Å². The molecule has 0 unspecified atom stereocenters. The van der Waals surface area contributed by atoms with Crippen molar-refractivity contribution in [1.29, 1.82) is 0 Å². The van der Waals surface area contributed by atoms with Crippen molar-refractivity contribution in [3.05, 3.63) is 41.0 Å². The highest BCUT2D eigenvalue weighted by molar-refractivity contribution is 6.37. The lowest BCUT2D eigenvalue weighted by atomic mass is 9.73. The molecule has 2 aromatic carbocycles. The molecule has 0 amide bonds. The Hall–Kier alpha value is -2.19. The van der Waals surface area contributed by atoms with Crippen LogP contribution in [-0.2, 0) is 4.74 Å². The number of rotatable bonds is 3. The number of ether oxygens (including phenoxy) is 1. The summed E-state index contributed by atoms with van der Waals surface area (Å²) in [5.74, 6) is -8.51. The summed E-state index contributed by atoms with van der Waals surface area (Å²) >= 11 is 5.05. The zero-order valence-corrected chi connectivity index (χ0v) is 16.2. The van der Waals surface area contributed by atoms with Crippen LogP contribution in [0.4, 0.5) is 23.2 Å². The normalized spacial score (nSPS) is 23.1. The fourth-order valence-corrected chi connectivity index (χ4v) is 4.48. The molecule has 1 aliphatic heterocycles. The van der Waals surface area contributed by atoms with Gasteiger partial charge in [0.15, 0.2) is 0 Å². The predicted octanol–water partition coefficient (Wildman–Crippen LogP) is 4.83. The second kappa shape index (κ2) is 6.40. The number of benzene rings is 2. The van der Waals surface area contributed by atoms with Crippen molar-refractivity contribution in [2.45, 2.75) is 23.8 Å². The Morgan fingerprint density at radius 2 is 1.86 bits per heavy atom. The molecule has 1 fully saturated rings. The predicted molar refractivity (Wildman–Crippen MR) is 99.5 cm³/mol. The lowest BCUT2D eigenvalue weighted by Gasteiger charge is -2.36. The molecule has 0 N–H and O–H groups in total. The minimum absolute atomic E-state index is 0.0767. The van der Waals surface area contributed by atoms with Gasteiger partial charge in [-0.25, -0.2) is 0 Å². The van der Waals surface area contributed by atoms with Crippen LogP contribution in [0.3, 0.4) is 0 Å². The molecular weight excluding hydrogens is 414 g/mol. The van der Waals surface area contributed by atoms with E-state index in [9.17, 15) is 27.2 Å². The lowest BCUT2D eigenvalue weighted by molar-refractivity contribution is -0.0630. The fourth-order valence-electron chi connectivity index (χ4n) is 4.39. The standard InChI is InChI=1S/C20H16ClF4NO3/c1-26(2)15-10-6-4-3-5-9(10)12-13(14(15)18(28)20(21,24)25)16-11(7-8-29-16)19(22,23)17(12)27/h3-6,11,16H,7-8H2,1-2H3/t11-,16+/m0/s1. The molecule has 1 aliphatic carbocycles. The highest BCUT2D eigenvalue weighted by Crippen LogP contribution is 2.55. The largest absolute Gasteiger partial charge is 0.385 e. The third kappa shape index (κ3) is 2.76. The van der Waals surface area contributed by atoms with Gasteiger partial charge in [-0.15, -0.1) is 0 Å². The smallest absolute Gasteiger partial charge is 0.377 e. The Balaban J connectivity index is 2.23. The average molecular weight is 430 g/mol. The molecule has 29 heavy (non-hydrogen) atoms. The van der Waals surface area contributed by atoms with E-state index in [1.807, 2.05) is 0 Å². The molecule has 2 aliphatic rings. The molecule has 0 spiro atoms. The topological polar surface area (TPSA) is 46.6 Å². The maximum Gasteiger partial charge on any atom is 0.385 e. The van der Waals surface area contributed by atoms with E-state index < -0.39 is 46.0 Å². The van der Waals surface area contributed by atoms with Crippen LogP contribution < -0.4 is 4.90 Å². The first-order valence-corrected chi connectivity index (χ1v) is 9.27. The molecule has 0 radical (unpaired) electrons. The Morgan fingerprint density at radius 3 is 2.45 bits per heavy atom. The van der Waals surface area contributed by atoms with E-state index in [2.05, 4.69) is 0 Å². The number of fused-ring (bicyclic) bond motifs is 5. The molecule has 154 valence electrons. The number of nitrogens with zero attached hydrogens (tertiary/aromatic N) is 1. The minimum atomic E-state index is -4.28. The monoisotopic (exact) mass is 429 g/mol. The summed E-state index contributed by atoms with van der Waals surface area (Å²) in [6, 6.07) is 6.06. The number of halogens is 5. The van der Waals surface area contributed by atoms with E-state index in [1.54, 1.807) is 12.1 Å². The van der Waals surface area contributed by atoms with Gasteiger partial charge in [-0.1, -0.05) is 24.3 Å². The van der Waals surface area contributed by atoms with Crippen LogP contribution in [0.1, 0.15) is 38.8 Å². The SMILES string of the molecule is CN(C)c1c(C(=O)C(F)(F)Cl)c2c(c3ccccc13)C(=O)C(F)(F)[C@H]1CCO[C@@H]21. The van der Waals surface area contributed by atoms with Crippen LogP contribution in [0.5, 0.6) is 0 Å². The summed E-state index contributed by atoms with van der Waals surface area (Å²) in [5.41, 5.74) is -1.15. The highest BCUT2D eigenvalue weighted by atomic mass is 35.5. The van der Waals surface area contributed by atoms with Gasteiger partial charge in [0.2, 0.25) is 5.78 Å². The highest BCUT2D eigenvalue weighted by Gasteiger charge is 2.60. The molecule has 0 saturated carbocycles. The summed E-state index contributed by atoms with van der Waals surface area (Å²) in [6.45, 7) is -0.0767. The van der Waals surface area contributed by atoms with Crippen LogP contribution in [0.25, 0.3) is 10.8 Å². The van der Waals surface area contributed by atoms with E-state index >= 15 is 0 Å². The molecule has 2 atom stereocenters. The summed E-state index contributed by atoms with van der Waals surface area (Å²) in [5, 5.41) is -3.90. The van der Waals surface area contributed by atoms with Gasteiger partial charge in [-0.05, 0) is 23.4 Å². The van der Waals surface area contributed by atoms with Crippen molar-refractivity contribution < 1.29 is 31.9 Å². The molecule has 0 aromatic heterocycles. The summed E-state index contributed by atoms with van der Waals surface area (Å²) in [7, 11) is 3.06. The molecule has 4 nitrogen and oxygen atoms in total. The van der Waals surface area contributed by atoms with Gasteiger partial charge >= 0.3 is 11.3 Å². The van der Waals surface area contributed by atoms with E-state index in [0.29, 0.717) is 0 Å².